The summed E-state index contributed by atoms with van der Waals surface area (Å²) in [6.45, 7) is 4.14. The van der Waals surface area contributed by atoms with Crippen molar-refractivity contribution >= 4 is 16.6 Å². The molecule has 0 saturated heterocycles. The van der Waals surface area contributed by atoms with Gasteiger partial charge in [-0.05, 0) is 41.3 Å². The summed E-state index contributed by atoms with van der Waals surface area (Å²) in [6.07, 6.45) is 0.465. The second kappa shape index (κ2) is 5.53. The number of aryl methyl sites for hydroxylation is 2. The minimum Gasteiger partial charge on any atom is -0.294 e. The van der Waals surface area contributed by atoms with Gasteiger partial charge >= 0.3 is 0 Å². The van der Waals surface area contributed by atoms with Crippen LogP contribution in [0.15, 0.2) is 60.7 Å². The van der Waals surface area contributed by atoms with E-state index in [0.717, 1.165) is 21.9 Å². The highest BCUT2D eigenvalue weighted by Gasteiger charge is 2.13. The Morgan fingerprint density at radius 3 is 2.19 bits per heavy atom. The van der Waals surface area contributed by atoms with Crippen molar-refractivity contribution in [1.29, 1.82) is 0 Å². The van der Waals surface area contributed by atoms with Gasteiger partial charge < -0.3 is 0 Å². The molecule has 0 aliphatic rings. The first-order chi connectivity index (χ1) is 10.2. The van der Waals surface area contributed by atoms with Gasteiger partial charge in [-0.25, -0.2) is 0 Å². The van der Waals surface area contributed by atoms with Crippen LogP contribution in [0, 0.1) is 13.8 Å². The van der Waals surface area contributed by atoms with Crippen LogP contribution in [0.5, 0.6) is 0 Å². The minimum atomic E-state index is 0.184. The quantitative estimate of drug-likeness (QED) is 0.622. The van der Waals surface area contributed by atoms with E-state index < -0.39 is 0 Å². The first-order valence-corrected chi connectivity index (χ1v) is 7.23. The molecule has 0 heterocycles. The van der Waals surface area contributed by atoms with Crippen LogP contribution in [0.4, 0.5) is 0 Å². The maximum atomic E-state index is 12.7. The Hall–Kier alpha value is -2.41. The molecule has 0 radical (unpaired) electrons. The minimum absolute atomic E-state index is 0.184. The summed E-state index contributed by atoms with van der Waals surface area (Å²) in [5.41, 5.74) is 4.33. The molecule has 0 atom stereocenters. The van der Waals surface area contributed by atoms with Gasteiger partial charge in [-0.2, -0.15) is 0 Å². The highest BCUT2D eigenvalue weighted by Crippen LogP contribution is 2.22. The van der Waals surface area contributed by atoms with Crippen LogP contribution in [0.3, 0.4) is 0 Å². The Morgan fingerprint density at radius 1 is 0.810 bits per heavy atom. The molecule has 0 fully saturated rings. The van der Waals surface area contributed by atoms with E-state index in [1.165, 1.54) is 11.1 Å². The average Bonchev–Trinajstić information content (AvgIpc) is 2.50. The average molecular weight is 274 g/mol. The summed E-state index contributed by atoms with van der Waals surface area (Å²) in [7, 11) is 0. The lowest BCUT2D eigenvalue weighted by atomic mass is 9.93. The highest BCUT2D eigenvalue weighted by molar-refractivity contribution is 6.09. The molecule has 0 spiro atoms. The van der Waals surface area contributed by atoms with Gasteiger partial charge in [0.1, 0.15) is 0 Å². The van der Waals surface area contributed by atoms with E-state index in [4.69, 9.17) is 0 Å². The number of Topliss-reactive ketones (excluding diaryl/α,β-unsaturated/α-hetero) is 1. The van der Waals surface area contributed by atoms with Crippen molar-refractivity contribution in [3.8, 4) is 0 Å². The van der Waals surface area contributed by atoms with Crippen LogP contribution < -0.4 is 0 Å². The normalized spacial score (nSPS) is 10.8. The van der Waals surface area contributed by atoms with Gasteiger partial charge in [-0.15, -0.1) is 0 Å². The van der Waals surface area contributed by atoms with Crippen molar-refractivity contribution in [2.24, 2.45) is 0 Å². The molecule has 3 aromatic rings. The number of fused-ring (bicyclic) bond motifs is 1. The fraction of sp³-hybridized carbons (Fsp3) is 0.150. The third kappa shape index (κ3) is 2.59. The van der Waals surface area contributed by atoms with E-state index >= 15 is 0 Å². The maximum absolute atomic E-state index is 12.7. The maximum Gasteiger partial charge on any atom is 0.167 e. The van der Waals surface area contributed by atoms with E-state index in [9.17, 15) is 4.79 Å². The number of rotatable bonds is 3. The van der Waals surface area contributed by atoms with Gasteiger partial charge in [0.15, 0.2) is 5.78 Å². The third-order valence-corrected chi connectivity index (χ3v) is 4.07. The van der Waals surface area contributed by atoms with E-state index in [0.29, 0.717) is 6.42 Å². The van der Waals surface area contributed by atoms with Crippen molar-refractivity contribution in [2.75, 3.05) is 0 Å². The fourth-order valence-electron chi connectivity index (χ4n) is 2.85. The third-order valence-electron chi connectivity index (χ3n) is 4.07. The van der Waals surface area contributed by atoms with E-state index in [1.54, 1.807) is 0 Å². The topological polar surface area (TPSA) is 17.1 Å². The highest BCUT2D eigenvalue weighted by atomic mass is 16.1. The van der Waals surface area contributed by atoms with Crippen LogP contribution in [-0.4, -0.2) is 5.78 Å². The molecule has 0 N–H and O–H groups in total. The molecule has 0 aromatic heterocycles. The Bertz CT molecular complexity index is 789. The van der Waals surface area contributed by atoms with Crippen LogP contribution in [0.25, 0.3) is 10.8 Å². The fourth-order valence-corrected chi connectivity index (χ4v) is 2.85. The van der Waals surface area contributed by atoms with Crippen LogP contribution in [0.1, 0.15) is 27.0 Å². The Kier molecular flexibility index (Phi) is 3.57. The zero-order valence-corrected chi connectivity index (χ0v) is 12.4. The molecule has 3 aromatic carbocycles. The molecule has 0 unspecified atom stereocenters. The summed E-state index contributed by atoms with van der Waals surface area (Å²) in [6, 6.07) is 20.2. The van der Waals surface area contributed by atoms with Crippen molar-refractivity contribution in [3.05, 3.63) is 82.9 Å². The standard InChI is InChI=1S/C20H18O/c1-14-7-5-8-15(2)19(14)13-20(21)18-12-6-10-16-9-3-4-11-17(16)18/h3-12H,13H2,1-2H3. The summed E-state index contributed by atoms with van der Waals surface area (Å²) < 4.78 is 0. The molecule has 1 heteroatoms. The Balaban J connectivity index is 2.02. The molecular formula is C20H18O. The number of carbonyl (C=O) groups is 1. The number of ketones is 1. The molecule has 104 valence electrons. The van der Waals surface area contributed by atoms with Gasteiger partial charge in [0.05, 0.1) is 0 Å². The molecule has 0 aliphatic heterocycles. The van der Waals surface area contributed by atoms with Gasteiger partial charge in [0.2, 0.25) is 0 Å². The predicted octanol–water partition coefficient (Wildman–Crippen LogP) is 4.88. The van der Waals surface area contributed by atoms with Gasteiger partial charge in [0.25, 0.3) is 0 Å². The van der Waals surface area contributed by atoms with Crippen molar-refractivity contribution in [1.82, 2.24) is 0 Å². The van der Waals surface area contributed by atoms with E-state index in [-0.39, 0.29) is 5.78 Å². The first-order valence-electron chi connectivity index (χ1n) is 7.23. The number of carbonyl (C=O) groups excluding carboxylic acids is 1. The van der Waals surface area contributed by atoms with Crippen molar-refractivity contribution < 1.29 is 4.79 Å². The lowest BCUT2D eigenvalue weighted by Crippen LogP contribution is -2.07. The predicted molar refractivity (Wildman–Crippen MR) is 87.9 cm³/mol. The summed E-state index contributed by atoms with van der Waals surface area (Å²) in [5, 5.41) is 2.15. The molecule has 0 saturated carbocycles. The van der Waals surface area contributed by atoms with Gasteiger partial charge in [-0.3, -0.25) is 4.79 Å². The summed E-state index contributed by atoms with van der Waals surface area (Å²) >= 11 is 0. The Labute approximate surface area is 125 Å². The smallest absolute Gasteiger partial charge is 0.167 e. The van der Waals surface area contributed by atoms with Crippen LogP contribution >= 0.6 is 0 Å². The molecular weight excluding hydrogens is 256 g/mol. The number of hydrogen-bond donors (Lipinski definition) is 0. The summed E-state index contributed by atoms with van der Waals surface area (Å²) in [5.74, 6) is 0.184. The van der Waals surface area contributed by atoms with E-state index in [2.05, 4.69) is 26.0 Å². The molecule has 0 aliphatic carbocycles. The van der Waals surface area contributed by atoms with Gasteiger partial charge in [-0.1, -0.05) is 60.7 Å². The lowest BCUT2D eigenvalue weighted by molar-refractivity contribution is 0.0994. The van der Waals surface area contributed by atoms with Crippen molar-refractivity contribution in [3.63, 3.8) is 0 Å². The molecule has 1 nitrogen and oxygen atoms in total. The molecule has 21 heavy (non-hydrogen) atoms. The van der Waals surface area contributed by atoms with E-state index in [1.807, 2.05) is 48.5 Å². The second-order valence-electron chi connectivity index (χ2n) is 5.50. The largest absolute Gasteiger partial charge is 0.294 e. The first kappa shape index (κ1) is 13.6. The van der Waals surface area contributed by atoms with Gasteiger partial charge in [0, 0.05) is 12.0 Å². The summed E-state index contributed by atoms with van der Waals surface area (Å²) in [4.78, 5) is 12.7. The monoisotopic (exact) mass is 274 g/mol. The van der Waals surface area contributed by atoms with Crippen LogP contribution in [-0.2, 0) is 6.42 Å². The molecule has 0 amide bonds. The Morgan fingerprint density at radius 2 is 1.43 bits per heavy atom. The second-order valence-corrected chi connectivity index (χ2v) is 5.50. The molecule has 0 bridgehead atoms. The van der Waals surface area contributed by atoms with Crippen molar-refractivity contribution in [2.45, 2.75) is 20.3 Å². The SMILES string of the molecule is Cc1cccc(C)c1CC(=O)c1cccc2ccccc12. The zero-order valence-electron chi connectivity index (χ0n) is 12.4. The number of benzene rings is 3. The zero-order chi connectivity index (χ0) is 14.8. The van der Waals surface area contributed by atoms with Crippen LogP contribution in [0.2, 0.25) is 0 Å². The lowest BCUT2D eigenvalue weighted by Gasteiger charge is -2.10. The molecule has 3 rings (SSSR count). The number of hydrogen-bond acceptors (Lipinski definition) is 1.